The summed E-state index contributed by atoms with van der Waals surface area (Å²) in [6.07, 6.45) is 99.6. The number of hydrogen-bond acceptors (Lipinski definition) is 6. The van der Waals surface area contributed by atoms with E-state index in [9.17, 15) is 14.4 Å². The summed E-state index contributed by atoms with van der Waals surface area (Å²) in [5.74, 6) is -0.942. The van der Waals surface area contributed by atoms with E-state index in [1.54, 1.807) is 0 Å². The zero-order chi connectivity index (χ0) is 59.2. The van der Waals surface area contributed by atoms with E-state index in [-0.39, 0.29) is 31.1 Å². The van der Waals surface area contributed by atoms with Gasteiger partial charge in [-0.2, -0.15) is 0 Å². The van der Waals surface area contributed by atoms with E-state index in [0.29, 0.717) is 19.3 Å². The summed E-state index contributed by atoms with van der Waals surface area (Å²) < 4.78 is 16.9. The van der Waals surface area contributed by atoms with Crippen molar-refractivity contribution in [2.45, 2.75) is 290 Å². The number of unbranched alkanes of at least 4 members (excludes halogenated alkanes) is 22. The molecule has 0 aromatic carbocycles. The number of hydrogen-bond donors (Lipinski definition) is 0. The minimum absolute atomic E-state index is 0.0982. The summed E-state index contributed by atoms with van der Waals surface area (Å²) in [4.78, 5) is 38.4. The predicted molar refractivity (Wildman–Crippen MR) is 357 cm³/mol. The highest BCUT2D eigenvalue weighted by atomic mass is 16.6. The van der Waals surface area contributed by atoms with E-state index in [0.717, 1.165) is 173 Å². The molecule has 0 saturated heterocycles. The maximum Gasteiger partial charge on any atom is 0.306 e. The quantitative estimate of drug-likeness (QED) is 0.0261. The van der Waals surface area contributed by atoms with Crippen LogP contribution in [0.3, 0.4) is 0 Å². The highest BCUT2D eigenvalue weighted by Crippen LogP contribution is 2.15. The maximum absolute atomic E-state index is 12.9. The predicted octanol–water partition coefficient (Wildman–Crippen LogP) is 23.3. The Morgan fingerprint density at radius 3 is 0.744 bits per heavy atom. The third kappa shape index (κ3) is 65.8. The lowest BCUT2D eigenvalue weighted by atomic mass is 10.0. The molecular formula is C76H122O6. The number of rotatable bonds is 59. The molecule has 0 aliphatic carbocycles. The summed E-state index contributed by atoms with van der Waals surface area (Å²) in [7, 11) is 0. The van der Waals surface area contributed by atoms with E-state index in [1.807, 2.05) is 0 Å². The van der Waals surface area contributed by atoms with Gasteiger partial charge in [-0.25, -0.2) is 0 Å². The van der Waals surface area contributed by atoms with E-state index in [2.05, 4.69) is 179 Å². The van der Waals surface area contributed by atoms with Crippen LogP contribution in [0.5, 0.6) is 0 Å². The van der Waals surface area contributed by atoms with Crippen molar-refractivity contribution in [3.63, 3.8) is 0 Å². The molecule has 462 valence electrons. The molecule has 6 nitrogen and oxygen atoms in total. The molecule has 0 aliphatic rings. The molecule has 0 saturated carbocycles. The molecular weight excluding hydrogens is 1010 g/mol. The Morgan fingerprint density at radius 1 is 0.256 bits per heavy atom. The zero-order valence-electron chi connectivity index (χ0n) is 52.9. The van der Waals surface area contributed by atoms with Crippen molar-refractivity contribution in [2.75, 3.05) is 13.2 Å². The summed E-state index contributed by atoms with van der Waals surface area (Å²) in [5, 5.41) is 0. The van der Waals surface area contributed by atoms with Gasteiger partial charge in [-0.1, -0.05) is 294 Å². The molecule has 0 amide bonds. The van der Waals surface area contributed by atoms with Gasteiger partial charge in [0, 0.05) is 19.3 Å². The van der Waals surface area contributed by atoms with Crippen LogP contribution in [0.4, 0.5) is 0 Å². The molecule has 0 rings (SSSR count). The summed E-state index contributed by atoms with van der Waals surface area (Å²) in [6, 6.07) is 0. The second kappa shape index (κ2) is 68.5. The molecule has 0 aromatic heterocycles. The second-order valence-corrected chi connectivity index (χ2v) is 21.6. The van der Waals surface area contributed by atoms with Gasteiger partial charge in [-0.05, 0) is 128 Å². The fourth-order valence-electron chi connectivity index (χ4n) is 8.84. The first-order valence-electron chi connectivity index (χ1n) is 33.5. The van der Waals surface area contributed by atoms with Crippen LogP contribution in [0.25, 0.3) is 0 Å². The van der Waals surface area contributed by atoms with Crippen LogP contribution in [0.2, 0.25) is 0 Å². The van der Waals surface area contributed by atoms with E-state index in [4.69, 9.17) is 14.2 Å². The van der Waals surface area contributed by atoms with Crippen LogP contribution in [0, 0.1) is 0 Å². The highest BCUT2D eigenvalue weighted by molar-refractivity contribution is 5.71. The fraction of sp³-hybridized carbons (Fsp3) is 0.618. The lowest BCUT2D eigenvalue weighted by Crippen LogP contribution is -2.30. The van der Waals surface area contributed by atoms with Crippen molar-refractivity contribution < 1.29 is 28.6 Å². The van der Waals surface area contributed by atoms with Gasteiger partial charge in [0.15, 0.2) is 6.10 Å². The Bertz CT molecular complexity index is 1830. The zero-order valence-corrected chi connectivity index (χ0v) is 52.9. The molecule has 0 aromatic rings. The van der Waals surface area contributed by atoms with Gasteiger partial charge in [0.1, 0.15) is 13.2 Å². The Kier molecular flexibility index (Phi) is 64.4. The SMILES string of the molecule is CC/C=C\C/C=C\C/C=C\C/C=C\C/C=C\C/C=C\C/C=C\C/C=C\CCCCCCC(=O)OCC(COC(=O)CCCCCCCCCCCCCCCC)OC(=O)CCCCCCC/C=C\C/C=C\C/C=C\C/C=C\C/C=C\CC. The molecule has 0 fully saturated rings. The van der Waals surface area contributed by atoms with Crippen LogP contribution < -0.4 is 0 Å². The number of ether oxygens (including phenoxy) is 3. The van der Waals surface area contributed by atoms with Crippen LogP contribution in [0.1, 0.15) is 284 Å². The summed E-state index contributed by atoms with van der Waals surface area (Å²) >= 11 is 0. The molecule has 1 unspecified atom stereocenters. The van der Waals surface area contributed by atoms with Crippen LogP contribution >= 0.6 is 0 Å². The maximum atomic E-state index is 12.9. The third-order valence-electron chi connectivity index (χ3n) is 13.8. The monoisotopic (exact) mass is 1130 g/mol. The minimum atomic E-state index is -0.807. The van der Waals surface area contributed by atoms with E-state index >= 15 is 0 Å². The molecule has 0 N–H and O–H groups in total. The Labute approximate surface area is 505 Å². The normalized spacial score (nSPS) is 13.2. The Morgan fingerprint density at radius 2 is 0.476 bits per heavy atom. The molecule has 0 aliphatic heterocycles. The van der Waals surface area contributed by atoms with Crippen molar-refractivity contribution >= 4 is 17.9 Å². The highest BCUT2D eigenvalue weighted by Gasteiger charge is 2.19. The third-order valence-corrected chi connectivity index (χ3v) is 13.8. The molecule has 0 radical (unpaired) electrons. The average molecular weight is 1130 g/mol. The first kappa shape index (κ1) is 77.0. The topological polar surface area (TPSA) is 78.9 Å². The second-order valence-electron chi connectivity index (χ2n) is 21.6. The smallest absolute Gasteiger partial charge is 0.306 e. The summed E-state index contributed by atoms with van der Waals surface area (Å²) in [6.45, 7) is 6.38. The number of carbonyl (C=O) groups is 3. The van der Waals surface area contributed by atoms with Gasteiger partial charge in [0.2, 0.25) is 0 Å². The molecule has 82 heavy (non-hydrogen) atoms. The lowest BCUT2D eigenvalue weighted by Gasteiger charge is -2.18. The fourth-order valence-corrected chi connectivity index (χ4v) is 8.84. The standard InChI is InChI=1S/C76H122O6/c1-4-7-10-13-16-19-22-25-28-30-32-34-35-36-37-38-39-40-41-43-44-46-48-51-54-57-60-63-66-69-75(78)81-72-73(71-80-74(77)68-65-62-59-56-53-50-27-24-21-18-15-12-9-6-3)82-76(79)70-67-64-61-58-55-52-49-47-45-42-33-31-29-26-23-20-17-14-11-8-5-2/h7-8,10-11,16-17,19-20,25-26,28-29,32-34,36-37,39-40,42-44,47-49,51,73H,4-6,9,12-15,18,21-24,27,30-31,35,38,41,45-46,50,52-72H2,1-3H3/b10-7-,11-8-,19-16-,20-17-,28-25-,29-26-,34-32-,37-36-,40-39-,42-33-,44-43-,49-47-,51-48-. The van der Waals surface area contributed by atoms with Crippen molar-refractivity contribution in [2.24, 2.45) is 0 Å². The molecule has 1 atom stereocenters. The Balaban J connectivity index is 4.45. The first-order chi connectivity index (χ1) is 40.5. The van der Waals surface area contributed by atoms with Crippen molar-refractivity contribution in [1.29, 1.82) is 0 Å². The van der Waals surface area contributed by atoms with Crippen LogP contribution in [-0.2, 0) is 28.6 Å². The first-order valence-corrected chi connectivity index (χ1v) is 33.5. The van der Waals surface area contributed by atoms with Gasteiger partial charge in [-0.3, -0.25) is 14.4 Å². The molecule has 0 spiro atoms. The van der Waals surface area contributed by atoms with Gasteiger partial charge in [0.05, 0.1) is 0 Å². The minimum Gasteiger partial charge on any atom is -0.462 e. The number of carbonyl (C=O) groups excluding carboxylic acids is 3. The molecule has 0 bridgehead atoms. The van der Waals surface area contributed by atoms with E-state index < -0.39 is 6.10 Å². The lowest BCUT2D eigenvalue weighted by molar-refractivity contribution is -0.167. The van der Waals surface area contributed by atoms with Crippen LogP contribution in [-0.4, -0.2) is 37.2 Å². The summed E-state index contributed by atoms with van der Waals surface area (Å²) in [5.41, 5.74) is 0. The Hall–Kier alpha value is -4.97. The van der Waals surface area contributed by atoms with E-state index in [1.165, 1.54) is 70.6 Å². The molecule has 0 heterocycles. The van der Waals surface area contributed by atoms with Crippen LogP contribution in [0.15, 0.2) is 158 Å². The van der Waals surface area contributed by atoms with Gasteiger partial charge in [0.25, 0.3) is 0 Å². The molecule has 6 heteroatoms. The van der Waals surface area contributed by atoms with Gasteiger partial charge < -0.3 is 14.2 Å². The van der Waals surface area contributed by atoms with Crippen molar-refractivity contribution in [3.8, 4) is 0 Å². The van der Waals surface area contributed by atoms with Crippen molar-refractivity contribution in [1.82, 2.24) is 0 Å². The van der Waals surface area contributed by atoms with Crippen molar-refractivity contribution in [3.05, 3.63) is 158 Å². The van der Waals surface area contributed by atoms with Gasteiger partial charge >= 0.3 is 17.9 Å². The van der Waals surface area contributed by atoms with Gasteiger partial charge in [-0.15, -0.1) is 0 Å². The average Bonchev–Trinajstić information content (AvgIpc) is 3.47. The number of esters is 3. The largest absolute Gasteiger partial charge is 0.462 e. The number of allylic oxidation sites excluding steroid dienone is 26.